The van der Waals surface area contributed by atoms with Gasteiger partial charge in [-0.3, -0.25) is 0 Å². The van der Waals surface area contributed by atoms with E-state index >= 15 is 0 Å². The zero-order chi connectivity index (χ0) is 13.9. The van der Waals surface area contributed by atoms with Crippen molar-refractivity contribution in [3.63, 3.8) is 0 Å². The summed E-state index contributed by atoms with van der Waals surface area (Å²) in [4.78, 5) is 0. The van der Waals surface area contributed by atoms with Gasteiger partial charge in [0.05, 0.1) is 0 Å². The van der Waals surface area contributed by atoms with E-state index in [9.17, 15) is 0 Å². The minimum absolute atomic E-state index is 0.340. The van der Waals surface area contributed by atoms with E-state index in [1.165, 1.54) is 16.7 Å². The first kappa shape index (κ1) is 15.2. The summed E-state index contributed by atoms with van der Waals surface area (Å²) in [6.45, 7) is 16.9. The molecule has 1 N–H and O–H groups in total. The molecule has 0 saturated carbocycles. The van der Waals surface area contributed by atoms with E-state index in [1.807, 2.05) is 0 Å². The molecule has 0 fully saturated rings. The molecule has 102 valence electrons. The van der Waals surface area contributed by atoms with Crippen molar-refractivity contribution in [2.24, 2.45) is 11.3 Å². The van der Waals surface area contributed by atoms with Gasteiger partial charge in [0.2, 0.25) is 0 Å². The van der Waals surface area contributed by atoms with E-state index < -0.39 is 0 Å². The Labute approximate surface area is 113 Å². The van der Waals surface area contributed by atoms with E-state index in [0.29, 0.717) is 17.4 Å². The van der Waals surface area contributed by atoms with Crippen molar-refractivity contribution >= 4 is 0 Å². The Bertz CT molecular complexity index is 370. The molecule has 0 bridgehead atoms. The molecule has 1 atom stereocenters. The minimum Gasteiger partial charge on any atom is -0.310 e. The molecular formula is C17H29N. The van der Waals surface area contributed by atoms with Crippen LogP contribution in [-0.2, 0) is 0 Å². The molecule has 0 amide bonds. The number of hydrogen-bond donors (Lipinski definition) is 1. The van der Waals surface area contributed by atoms with Gasteiger partial charge in [0.25, 0.3) is 0 Å². The van der Waals surface area contributed by atoms with Crippen LogP contribution in [0.5, 0.6) is 0 Å². The topological polar surface area (TPSA) is 12.0 Å². The molecule has 1 rings (SSSR count). The van der Waals surface area contributed by atoms with Crippen molar-refractivity contribution in [2.75, 3.05) is 6.54 Å². The van der Waals surface area contributed by atoms with E-state index in [-0.39, 0.29) is 0 Å². The summed E-state index contributed by atoms with van der Waals surface area (Å²) >= 11 is 0. The van der Waals surface area contributed by atoms with Crippen LogP contribution in [0.15, 0.2) is 18.2 Å². The molecule has 1 aromatic rings. The van der Waals surface area contributed by atoms with Gasteiger partial charge in [-0.1, -0.05) is 57.0 Å². The molecule has 1 heteroatoms. The van der Waals surface area contributed by atoms with Crippen molar-refractivity contribution in [1.29, 1.82) is 0 Å². The van der Waals surface area contributed by atoms with Gasteiger partial charge in [0.15, 0.2) is 0 Å². The maximum Gasteiger partial charge on any atom is 0.0292 e. The van der Waals surface area contributed by atoms with Crippen LogP contribution < -0.4 is 5.32 Å². The molecule has 0 aromatic heterocycles. The van der Waals surface area contributed by atoms with Crippen molar-refractivity contribution in [2.45, 2.75) is 54.5 Å². The summed E-state index contributed by atoms with van der Waals surface area (Å²) < 4.78 is 0. The predicted octanol–water partition coefficient (Wildman–Crippen LogP) is 4.64. The highest BCUT2D eigenvalue weighted by atomic mass is 14.9. The molecule has 1 aromatic carbocycles. The fourth-order valence-corrected chi connectivity index (χ4v) is 2.00. The van der Waals surface area contributed by atoms with Crippen molar-refractivity contribution < 1.29 is 0 Å². The summed E-state index contributed by atoms with van der Waals surface area (Å²) in [5, 5.41) is 3.67. The quantitative estimate of drug-likeness (QED) is 0.799. The molecule has 0 aliphatic rings. The van der Waals surface area contributed by atoms with Crippen LogP contribution in [0.25, 0.3) is 0 Å². The van der Waals surface area contributed by atoms with Crippen LogP contribution in [0.3, 0.4) is 0 Å². The Morgan fingerprint density at radius 2 is 1.50 bits per heavy atom. The number of nitrogens with one attached hydrogen (secondary N) is 1. The van der Waals surface area contributed by atoms with Gasteiger partial charge >= 0.3 is 0 Å². The monoisotopic (exact) mass is 247 g/mol. The normalized spacial score (nSPS) is 14.0. The minimum atomic E-state index is 0.340. The maximum absolute atomic E-state index is 3.67. The zero-order valence-electron chi connectivity index (χ0n) is 13.1. The van der Waals surface area contributed by atoms with Gasteiger partial charge in [-0.2, -0.15) is 0 Å². The Kier molecular flexibility index (Phi) is 4.98. The lowest BCUT2D eigenvalue weighted by Crippen LogP contribution is -2.34. The number of benzene rings is 1. The van der Waals surface area contributed by atoms with Gasteiger partial charge in [-0.15, -0.1) is 0 Å². The summed E-state index contributed by atoms with van der Waals surface area (Å²) in [7, 11) is 0. The number of rotatable bonds is 5. The summed E-state index contributed by atoms with van der Waals surface area (Å²) in [5.74, 6) is 0.691. The van der Waals surface area contributed by atoms with Crippen molar-refractivity contribution in [3.8, 4) is 0 Å². The predicted molar refractivity (Wildman–Crippen MR) is 81.0 cm³/mol. The molecule has 18 heavy (non-hydrogen) atoms. The summed E-state index contributed by atoms with van der Waals surface area (Å²) in [6.07, 6.45) is 0. The molecule has 0 radical (unpaired) electrons. The van der Waals surface area contributed by atoms with Crippen LogP contribution in [0.1, 0.15) is 57.4 Å². The zero-order valence-corrected chi connectivity index (χ0v) is 13.1. The smallest absolute Gasteiger partial charge is 0.0292 e. The average molecular weight is 247 g/mol. The van der Waals surface area contributed by atoms with Crippen LogP contribution in [0, 0.1) is 25.2 Å². The Hall–Kier alpha value is -0.820. The number of aryl methyl sites for hydroxylation is 2. The highest BCUT2D eigenvalue weighted by molar-refractivity contribution is 5.30. The maximum atomic E-state index is 3.67. The third kappa shape index (κ3) is 4.13. The SMILES string of the molecule is Cc1cc(C)cc(C(C)NCC(C)(C)C(C)C)c1. The molecule has 0 aliphatic heterocycles. The van der Waals surface area contributed by atoms with Crippen LogP contribution in [0.2, 0.25) is 0 Å². The van der Waals surface area contributed by atoms with Crippen molar-refractivity contribution in [1.82, 2.24) is 5.32 Å². The fourth-order valence-electron chi connectivity index (χ4n) is 2.00. The van der Waals surface area contributed by atoms with E-state index in [4.69, 9.17) is 0 Å². The molecule has 1 unspecified atom stereocenters. The Balaban J connectivity index is 2.68. The van der Waals surface area contributed by atoms with Gasteiger partial charge in [0, 0.05) is 12.6 Å². The molecule has 0 aliphatic carbocycles. The highest BCUT2D eigenvalue weighted by Crippen LogP contribution is 2.26. The fraction of sp³-hybridized carbons (Fsp3) is 0.647. The molecule has 0 heterocycles. The van der Waals surface area contributed by atoms with Gasteiger partial charge < -0.3 is 5.32 Å². The second-order valence-corrected chi connectivity index (χ2v) is 6.67. The Morgan fingerprint density at radius 3 is 1.94 bits per heavy atom. The lowest BCUT2D eigenvalue weighted by atomic mass is 9.81. The van der Waals surface area contributed by atoms with Crippen LogP contribution >= 0.6 is 0 Å². The molecule has 0 saturated heterocycles. The Morgan fingerprint density at radius 1 is 1.00 bits per heavy atom. The average Bonchev–Trinajstić information content (AvgIpc) is 2.24. The first-order valence-corrected chi connectivity index (χ1v) is 7.04. The van der Waals surface area contributed by atoms with Gasteiger partial charge in [0.1, 0.15) is 0 Å². The van der Waals surface area contributed by atoms with Crippen LogP contribution in [-0.4, -0.2) is 6.54 Å². The summed E-state index contributed by atoms with van der Waals surface area (Å²) in [6, 6.07) is 7.22. The molecular weight excluding hydrogens is 218 g/mol. The second-order valence-electron chi connectivity index (χ2n) is 6.67. The van der Waals surface area contributed by atoms with Gasteiger partial charge in [-0.05, 0) is 37.7 Å². The van der Waals surface area contributed by atoms with Crippen LogP contribution in [0.4, 0.5) is 0 Å². The van der Waals surface area contributed by atoms with E-state index in [2.05, 4.69) is 72.0 Å². The van der Waals surface area contributed by atoms with E-state index in [1.54, 1.807) is 0 Å². The summed E-state index contributed by atoms with van der Waals surface area (Å²) in [5.41, 5.74) is 4.43. The van der Waals surface area contributed by atoms with Crippen molar-refractivity contribution in [3.05, 3.63) is 34.9 Å². The highest BCUT2D eigenvalue weighted by Gasteiger charge is 2.22. The van der Waals surface area contributed by atoms with Gasteiger partial charge in [-0.25, -0.2) is 0 Å². The third-order valence-electron chi connectivity index (χ3n) is 4.17. The lowest BCUT2D eigenvalue weighted by Gasteiger charge is -2.31. The number of hydrogen-bond acceptors (Lipinski definition) is 1. The largest absolute Gasteiger partial charge is 0.310 e. The first-order chi connectivity index (χ1) is 8.22. The third-order valence-corrected chi connectivity index (χ3v) is 4.17. The lowest BCUT2D eigenvalue weighted by molar-refractivity contribution is 0.230. The molecule has 0 spiro atoms. The second kappa shape index (κ2) is 5.88. The standard InChI is InChI=1S/C17H29N/c1-12(2)17(6,7)11-18-15(5)16-9-13(3)8-14(4)10-16/h8-10,12,15,18H,11H2,1-7H3. The van der Waals surface area contributed by atoms with E-state index in [0.717, 1.165) is 6.54 Å². The molecule has 1 nitrogen and oxygen atoms in total. The first-order valence-electron chi connectivity index (χ1n) is 7.04.